The van der Waals surface area contributed by atoms with Crippen LogP contribution >= 0.6 is 0 Å². The standard InChI is InChI=1S/C19/c1-2-6-10-14-19-16-12-8-4-3-7-11-15-18(17-19)13-9-5-1. The first-order valence-corrected chi connectivity index (χ1v) is 5.00. The molecule has 0 aliphatic heterocycles. The van der Waals surface area contributed by atoms with Crippen LogP contribution in [0, 0.1) is 94.7 Å². The average molecular weight is 228 g/mol. The summed E-state index contributed by atoms with van der Waals surface area (Å²) < 4.78 is 0. The Labute approximate surface area is 112 Å². The fourth-order valence-electron chi connectivity index (χ4n) is 0.938. The molecule has 2 rings (SSSR count). The minimum absolute atomic E-state index is 0.422. The van der Waals surface area contributed by atoms with Gasteiger partial charge in [0.25, 0.3) is 0 Å². The predicted octanol–water partition coefficient (Wildman–Crippen LogP) is 0.492. The third-order valence-electron chi connectivity index (χ3n) is 1.62. The maximum atomic E-state index is 2.92. The highest BCUT2D eigenvalue weighted by Gasteiger charge is 1.88. The van der Waals surface area contributed by atoms with Crippen molar-refractivity contribution in [3.05, 3.63) is 16.9 Å². The van der Waals surface area contributed by atoms with E-state index in [1.54, 1.807) is 0 Å². The van der Waals surface area contributed by atoms with Gasteiger partial charge in [-0.05, 0) is 94.7 Å². The first-order chi connectivity index (χ1) is 9.45. The Kier molecular flexibility index (Phi) is 3.96. The van der Waals surface area contributed by atoms with Crippen molar-refractivity contribution >= 4 is 0 Å². The van der Waals surface area contributed by atoms with Crippen molar-refractivity contribution in [2.24, 2.45) is 0 Å². The van der Waals surface area contributed by atoms with Gasteiger partial charge in [-0.3, -0.25) is 0 Å². The van der Waals surface area contributed by atoms with Crippen LogP contribution in [-0.2, 0) is 0 Å². The highest BCUT2D eigenvalue weighted by Crippen LogP contribution is 1.93. The molecule has 0 N–H and O–H groups in total. The second-order valence-corrected chi connectivity index (χ2v) is 2.88. The molecule has 0 aromatic carbocycles. The van der Waals surface area contributed by atoms with Crippen molar-refractivity contribution in [2.75, 3.05) is 0 Å². The lowest BCUT2D eigenvalue weighted by Crippen LogP contribution is -1.75. The molecule has 2 aliphatic rings. The predicted molar refractivity (Wildman–Crippen MR) is 72.7 cm³/mol. The summed E-state index contributed by atoms with van der Waals surface area (Å²) >= 11 is 0. The molecular formula is C19. The van der Waals surface area contributed by atoms with Gasteiger partial charge in [0.15, 0.2) is 0 Å². The van der Waals surface area contributed by atoms with Crippen LogP contribution in [0.5, 0.6) is 0 Å². The Bertz CT molecular complexity index is 843. The molecule has 0 heteroatoms. The Morgan fingerprint density at radius 2 is 0.579 bits per heavy atom. The fraction of sp³-hybridized carbons (Fsp3) is 0. The summed E-state index contributed by atoms with van der Waals surface area (Å²) in [6, 6.07) is 0. The van der Waals surface area contributed by atoms with Crippen LogP contribution in [0.15, 0.2) is 16.9 Å². The van der Waals surface area contributed by atoms with Gasteiger partial charge in [-0.2, -0.15) is 0 Å². The molecule has 2 bridgehead atoms. The summed E-state index contributed by atoms with van der Waals surface area (Å²) in [6.07, 6.45) is 0. The van der Waals surface area contributed by atoms with Gasteiger partial charge >= 0.3 is 0 Å². The van der Waals surface area contributed by atoms with Crippen LogP contribution < -0.4 is 0 Å². The van der Waals surface area contributed by atoms with Crippen LogP contribution in [0.4, 0.5) is 0 Å². The molecule has 0 aromatic heterocycles. The van der Waals surface area contributed by atoms with Gasteiger partial charge in [-0.25, -0.2) is 0 Å². The molecule has 0 aromatic rings. The maximum absolute atomic E-state index is 2.92. The van der Waals surface area contributed by atoms with E-state index in [0.29, 0.717) is 11.1 Å². The highest BCUT2D eigenvalue weighted by molar-refractivity contribution is 5.58. The van der Waals surface area contributed by atoms with Gasteiger partial charge in [-0.1, -0.05) is 5.73 Å². The van der Waals surface area contributed by atoms with Crippen molar-refractivity contribution in [1.29, 1.82) is 0 Å². The largest absolute Gasteiger partial charge is 0.120 e. The van der Waals surface area contributed by atoms with Crippen molar-refractivity contribution in [3.8, 4) is 94.7 Å². The molecule has 0 heterocycles. The normalized spacial score (nSPS) is 10.9. The van der Waals surface area contributed by atoms with Crippen LogP contribution in [0.1, 0.15) is 0 Å². The van der Waals surface area contributed by atoms with Gasteiger partial charge in [0.05, 0.1) is 0 Å². The van der Waals surface area contributed by atoms with Gasteiger partial charge in [0, 0.05) is 0 Å². The Hall–Kier alpha value is -4.00. The zero-order chi connectivity index (χ0) is 13.2. The topological polar surface area (TPSA) is 0 Å². The Morgan fingerprint density at radius 1 is 0.316 bits per heavy atom. The van der Waals surface area contributed by atoms with E-state index in [9.17, 15) is 0 Å². The Balaban J connectivity index is 2.71. The van der Waals surface area contributed by atoms with E-state index < -0.39 is 0 Å². The maximum Gasteiger partial charge on any atom is 0.120 e. The van der Waals surface area contributed by atoms with Crippen molar-refractivity contribution < 1.29 is 0 Å². The molecule has 0 atom stereocenters. The molecule has 0 fully saturated rings. The first kappa shape index (κ1) is 11.5. The lowest BCUT2D eigenvalue weighted by Gasteiger charge is -1.80. The zero-order valence-electron chi connectivity index (χ0n) is 9.50. The summed E-state index contributed by atoms with van der Waals surface area (Å²) in [7, 11) is 0. The van der Waals surface area contributed by atoms with E-state index in [0.717, 1.165) is 0 Å². The van der Waals surface area contributed by atoms with E-state index in [-0.39, 0.29) is 0 Å². The molecule has 0 saturated heterocycles. The average Bonchev–Trinajstić information content (AvgIpc) is 2.50. The second kappa shape index (κ2) is 6.55. The van der Waals surface area contributed by atoms with Crippen molar-refractivity contribution in [3.63, 3.8) is 0 Å². The molecule has 76 valence electrons. The molecule has 19 heavy (non-hydrogen) atoms. The molecule has 0 unspecified atom stereocenters. The van der Waals surface area contributed by atoms with Gasteiger partial charge < -0.3 is 0 Å². The summed E-state index contributed by atoms with van der Waals surface area (Å²) in [6.45, 7) is 0. The van der Waals surface area contributed by atoms with E-state index in [1.165, 1.54) is 0 Å². The van der Waals surface area contributed by atoms with Crippen molar-refractivity contribution in [1.82, 2.24) is 0 Å². The molecule has 0 nitrogen and oxygen atoms in total. The van der Waals surface area contributed by atoms with Crippen molar-refractivity contribution in [2.45, 2.75) is 0 Å². The lowest BCUT2D eigenvalue weighted by molar-refractivity contribution is 1.83. The lowest BCUT2D eigenvalue weighted by atomic mass is 10.2. The minimum atomic E-state index is 0.422. The van der Waals surface area contributed by atoms with Crippen LogP contribution in [0.2, 0.25) is 0 Å². The van der Waals surface area contributed by atoms with Crippen LogP contribution in [-0.4, -0.2) is 0 Å². The SMILES string of the molecule is C1=C2C#CC#CC#CC#CC=1C#CC#CC#CC#C2. The van der Waals surface area contributed by atoms with Gasteiger partial charge in [0.2, 0.25) is 0 Å². The fourth-order valence-corrected chi connectivity index (χ4v) is 0.938. The molecule has 0 radical (unpaired) electrons. The van der Waals surface area contributed by atoms with Crippen LogP contribution in [0.25, 0.3) is 0 Å². The van der Waals surface area contributed by atoms with E-state index in [1.807, 2.05) is 0 Å². The van der Waals surface area contributed by atoms with Gasteiger partial charge in [0.1, 0.15) is 11.1 Å². The third-order valence-corrected chi connectivity index (χ3v) is 1.62. The Morgan fingerprint density at radius 3 is 0.895 bits per heavy atom. The van der Waals surface area contributed by atoms with E-state index >= 15 is 0 Å². The number of hydrogen-bond donors (Lipinski definition) is 0. The summed E-state index contributed by atoms with van der Waals surface area (Å²) in [4.78, 5) is 0. The smallest absolute Gasteiger partial charge is 0.0684 e. The monoisotopic (exact) mass is 228 g/mol. The molecule has 0 spiro atoms. The summed E-state index contributed by atoms with van der Waals surface area (Å²) in [5, 5.41) is 0. The molecular weight excluding hydrogens is 228 g/mol. The van der Waals surface area contributed by atoms with E-state index in [2.05, 4.69) is 100 Å². The summed E-state index contributed by atoms with van der Waals surface area (Å²) in [5.74, 6) is 42.1. The second-order valence-electron chi connectivity index (χ2n) is 2.88. The number of rotatable bonds is 0. The third kappa shape index (κ3) is 4.17. The summed E-state index contributed by atoms with van der Waals surface area (Å²) in [5.41, 5.74) is 3.76. The number of hydrogen-bond acceptors (Lipinski definition) is 0. The quantitative estimate of drug-likeness (QED) is 0.418. The molecule has 0 saturated carbocycles. The molecule has 2 aliphatic carbocycles. The van der Waals surface area contributed by atoms with Crippen LogP contribution in [0.3, 0.4) is 0 Å². The van der Waals surface area contributed by atoms with E-state index in [4.69, 9.17) is 0 Å². The highest BCUT2D eigenvalue weighted by atomic mass is 13.9. The zero-order valence-corrected chi connectivity index (χ0v) is 9.50. The number of allylic oxidation sites excluding steroid dienone is 1. The first-order valence-electron chi connectivity index (χ1n) is 5.00. The van der Waals surface area contributed by atoms with Gasteiger partial charge in [-0.15, -0.1) is 0 Å². The minimum Gasteiger partial charge on any atom is -0.0684 e. The molecule has 0 amide bonds.